The van der Waals surface area contributed by atoms with Crippen molar-refractivity contribution in [2.24, 2.45) is 0 Å². The molecule has 0 spiro atoms. The molecule has 0 saturated heterocycles. The second kappa shape index (κ2) is 5.03. The second-order valence-electron chi connectivity index (χ2n) is 2.40. The van der Waals surface area contributed by atoms with Gasteiger partial charge in [0.1, 0.15) is 0 Å². The minimum atomic E-state index is 0. The highest BCUT2D eigenvalue weighted by Crippen LogP contribution is 2.07. The summed E-state index contributed by atoms with van der Waals surface area (Å²) in [5.74, 6) is 0. The van der Waals surface area contributed by atoms with Crippen LogP contribution in [0, 0.1) is 6.92 Å². The van der Waals surface area contributed by atoms with Gasteiger partial charge in [0.15, 0.2) is 0 Å². The Labute approximate surface area is 74.2 Å². The molecule has 2 heteroatoms. The van der Waals surface area contributed by atoms with Crippen molar-refractivity contribution >= 4 is 18.1 Å². The molecule has 0 aliphatic carbocycles. The summed E-state index contributed by atoms with van der Waals surface area (Å²) in [5.41, 5.74) is 2.51. The van der Waals surface area contributed by atoms with Crippen molar-refractivity contribution < 1.29 is 0 Å². The van der Waals surface area contributed by atoms with E-state index in [4.69, 9.17) is 0 Å². The average Bonchev–Trinajstić information content (AvgIpc) is 1.95. The first kappa shape index (κ1) is 10.3. The minimum absolute atomic E-state index is 0. The van der Waals surface area contributed by atoms with E-state index >= 15 is 0 Å². The number of hydrogen-bond donors (Lipinski definition) is 1. The summed E-state index contributed by atoms with van der Waals surface area (Å²) in [5, 5.41) is 3.23. The first-order chi connectivity index (χ1) is 4.83. The smallest absolute Gasteiger partial charge is 0.0340 e. The van der Waals surface area contributed by atoms with Gasteiger partial charge in [-0.05, 0) is 26.0 Å². The highest BCUT2D eigenvalue weighted by atomic mass is 35.5. The van der Waals surface area contributed by atoms with E-state index in [1.54, 1.807) is 0 Å². The lowest BCUT2D eigenvalue weighted by Gasteiger charge is -2.01. The molecule has 1 N–H and O–H groups in total. The van der Waals surface area contributed by atoms with Gasteiger partial charge in [-0.3, -0.25) is 0 Å². The van der Waals surface area contributed by atoms with E-state index in [1.807, 2.05) is 0 Å². The fraction of sp³-hybridized carbons (Fsp3) is 0.333. The highest BCUT2D eigenvalue weighted by molar-refractivity contribution is 5.85. The van der Waals surface area contributed by atoms with Crippen molar-refractivity contribution in [1.82, 2.24) is 0 Å². The van der Waals surface area contributed by atoms with Crippen LogP contribution in [-0.2, 0) is 0 Å². The van der Waals surface area contributed by atoms with E-state index in [-0.39, 0.29) is 12.4 Å². The number of hydrogen-bond acceptors (Lipinski definition) is 1. The van der Waals surface area contributed by atoms with Crippen molar-refractivity contribution in [3.05, 3.63) is 29.8 Å². The molecule has 0 saturated carbocycles. The Balaban J connectivity index is 0.000001000. The summed E-state index contributed by atoms with van der Waals surface area (Å²) in [6.45, 7) is 5.18. The van der Waals surface area contributed by atoms with E-state index in [9.17, 15) is 0 Å². The first-order valence-electron chi connectivity index (χ1n) is 3.63. The zero-order valence-corrected chi connectivity index (χ0v) is 7.74. The number of aryl methyl sites for hydroxylation is 1. The van der Waals surface area contributed by atoms with Crippen LogP contribution in [0.2, 0.25) is 0 Å². The van der Waals surface area contributed by atoms with E-state index < -0.39 is 0 Å². The van der Waals surface area contributed by atoms with E-state index in [2.05, 4.69) is 43.4 Å². The molecule has 0 bridgehead atoms. The summed E-state index contributed by atoms with van der Waals surface area (Å²) < 4.78 is 0. The lowest BCUT2D eigenvalue weighted by atomic mass is 10.2. The fourth-order valence-electron chi connectivity index (χ4n) is 0.876. The molecule has 1 aromatic carbocycles. The van der Waals surface area contributed by atoms with Crippen molar-refractivity contribution in [1.29, 1.82) is 0 Å². The predicted molar refractivity (Wildman–Crippen MR) is 52.6 cm³/mol. The predicted octanol–water partition coefficient (Wildman–Crippen LogP) is 2.85. The van der Waals surface area contributed by atoms with Crippen LogP contribution < -0.4 is 5.32 Å². The maximum Gasteiger partial charge on any atom is 0.0340 e. The van der Waals surface area contributed by atoms with E-state index in [0.29, 0.717) is 0 Å². The minimum Gasteiger partial charge on any atom is -0.385 e. The van der Waals surface area contributed by atoms with Gasteiger partial charge in [0.25, 0.3) is 0 Å². The molecule has 11 heavy (non-hydrogen) atoms. The van der Waals surface area contributed by atoms with Crippen molar-refractivity contribution in [3.63, 3.8) is 0 Å². The summed E-state index contributed by atoms with van der Waals surface area (Å²) in [4.78, 5) is 0. The molecule has 0 aliphatic heterocycles. The lowest BCUT2D eigenvalue weighted by Crippen LogP contribution is -1.95. The van der Waals surface area contributed by atoms with Crippen LogP contribution in [0.4, 0.5) is 5.69 Å². The molecule has 0 amide bonds. The normalized spacial score (nSPS) is 8.55. The second-order valence-corrected chi connectivity index (χ2v) is 2.40. The van der Waals surface area contributed by atoms with Crippen molar-refractivity contribution in [3.8, 4) is 0 Å². The maximum absolute atomic E-state index is 3.23. The summed E-state index contributed by atoms with van der Waals surface area (Å²) in [7, 11) is 0. The van der Waals surface area contributed by atoms with Crippen LogP contribution in [0.25, 0.3) is 0 Å². The van der Waals surface area contributed by atoms with Crippen molar-refractivity contribution in [2.75, 3.05) is 11.9 Å². The first-order valence-corrected chi connectivity index (χ1v) is 3.63. The fourth-order valence-corrected chi connectivity index (χ4v) is 0.876. The van der Waals surface area contributed by atoms with Crippen LogP contribution in [0.15, 0.2) is 24.3 Å². The monoisotopic (exact) mass is 171 g/mol. The zero-order valence-electron chi connectivity index (χ0n) is 6.92. The largest absolute Gasteiger partial charge is 0.385 e. The van der Waals surface area contributed by atoms with Crippen LogP contribution in [0.1, 0.15) is 12.5 Å². The third-order valence-electron chi connectivity index (χ3n) is 1.43. The molecule has 0 radical (unpaired) electrons. The maximum atomic E-state index is 3.23. The molecule has 1 aromatic rings. The third kappa shape index (κ3) is 3.28. The summed E-state index contributed by atoms with van der Waals surface area (Å²) >= 11 is 0. The molecule has 1 nitrogen and oxygen atoms in total. The number of halogens is 1. The molecule has 1 rings (SSSR count). The van der Waals surface area contributed by atoms with Gasteiger partial charge < -0.3 is 5.32 Å². The van der Waals surface area contributed by atoms with Gasteiger partial charge in [-0.25, -0.2) is 0 Å². The Bertz CT molecular complexity index is 193. The van der Waals surface area contributed by atoms with Crippen LogP contribution in [0.3, 0.4) is 0 Å². The molecule has 62 valence electrons. The van der Waals surface area contributed by atoms with Gasteiger partial charge in [-0.2, -0.15) is 0 Å². The summed E-state index contributed by atoms with van der Waals surface area (Å²) in [6, 6.07) is 8.41. The van der Waals surface area contributed by atoms with Gasteiger partial charge in [-0.15, -0.1) is 12.4 Å². The Hall–Kier alpha value is -0.690. The van der Waals surface area contributed by atoms with Gasteiger partial charge in [0.05, 0.1) is 0 Å². The van der Waals surface area contributed by atoms with E-state index in [0.717, 1.165) is 6.54 Å². The molecule has 0 unspecified atom stereocenters. The number of anilines is 1. The SMILES string of the molecule is CCNc1ccc(C)cc1.Cl. The lowest BCUT2D eigenvalue weighted by molar-refractivity contribution is 1.21. The van der Waals surface area contributed by atoms with Crippen LogP contribution in [-0.4, -0.2) is 6.54 Å². The average molecular weight is 172 g/mol. The number of benzene rings is 1. The third-order valence-corrected chi connectivity index (χ3v) is 1.43. The molecule has 0 aromatic heterocycles. The zero-order chi connectivity index (χ0) is 7.40. The van der Waals surface area contributed by atoms with Crippen molar-refractivity contribution in [2.45, 2.75) is 13.8 Å². The topological polar surface area (TPSA) is 12.0 Å². The Morgan fingerprint density at radius 1 is 1.18 bits per heavy atom. The summed E-state index contributed by atoms with van der Waals surface area (Å²) in [6.07, 6.45) is 0. The van der Waals surface area contributed by atoms with Gasteiger partial charge >= 0.3 is 0 Å². The molecule has 0 fully saturated rings. The van der Waals surface area contributed by atoms with E-state index in [1.165, 1.54) is 11.3 Å². The molecule has 0 heterocycles. The molecule has 0 aliphatic rings. The van der Waals surface area contributed by atoms with Gasteiger partial charge in [0.2, 0.25) is 0 Å². The Morgan fingerprint density at radius 2 is 1.73 bits per heavy atom. The quantitative estimate of drug-likeness (QED) is 0.722. The Morgan fingerprint density at radius 3 is 2.18 bits per heavy atom. The highest BCUT2D eigenvalue weighted by Gasteiger charge is 1.86. The number of rotatable bonds is 2. The Kier molecular flexibility index (Phi) is 4.71. The molecular formula is C9H14ClN. The van der Waals surface area contributed by atoms with Crippen LogP contribution in [0.5, 0.6) is 0 Å². The number of nitrogens with one attached hydrogen (secondary N) is 1. The molecule has 0 atom stereocenters. The standard InChI is InChI=1S/C9H13N.ClH/c1-3-10-9-6-4-8(2)5-7-9;/h4-7,10H,3H2,1-2H3;1H. The van der Waals surface area contributed by atoms with Gasteiger partial charge in [0, 0.05) is 12.2 Å². The molecular weight excluding hydrogens is 158 g/mol. The van der Waals surface area contributed by atoms with Crippen LogP contribution >= 0.6 is 12.4 Å². The van der Waals surface area contributed by atoms with Gasteiger partial charge in [-0.1, -0.05) is 17.7 Å².